The fourth-order valence-corrected chi connectivity index (χ4v) is 2.31. The lowest BCUT2D eigenvalue weighted by Gasteiger charge is -2.13. The van der Waals surface area contributed by atoms with Crippen LogP contribution in [0.5, 0.6) is 0 Å². The van der Waals surface area contributed by atoms with Crippen LogP contribution in [0.15, 0.2) is 51.7 Å². The number of aromatic amines is 1. The molecule has 0 saturated heterocycles. The molecule has 0 aliphatic carbocycles. The first-order valence-corrected chi connectivity index (χ1v) is 6.64. The molecule has 4 heteroatoms. The van der Waals surface area contributed by atoms with Gasteiger partial charge in [0.15, 0.2) is 5.58 Å². The molecule has 3 N–H and O–H groups in total. The Hall–Kier alpha value is -2.33. The van der Waals surface area contributed by atoms with Crippen LogP contribution in [-0.2, 0) is 6.42 Å². The van der Waals surface area contributed by atoms with Crippen molar-refractivity contribution in [1.82, 2.24) is 4.98 Å². The van der Waals surface area contributed by atoms with Crippen LogP contribution >= 0.6 is 0 Å². The number of benzene rings is 2. The third-order valence-corrected chi connectivity index (χ3v) is 3.55. The summed E-state index contributed by atoms with van der Waals surface area (Å²) < 4.78 is 5.06. The summed E-state index contributed by atoms with van der Waals surface area (Å²) in [5.74, 6) is -0.446. The summed E-state index contributed by atoms with van der Waals surface area (Å²) >= 11 is 0. The molecule has 2 aromatic carbocycles. The number of fused-ring (bicyclic) bond motifs is 1. The molecular formula is C16H16N2O2. The van der Waals surface area contributed by atoms with E-state index in [9.17, 15) is 4.79 Å². The molecule has 102 valence electrons. The molecule has 20 heavy (non-hydrogen) atoms. The fourth-order valence-electron chi connectivity index (χ4n) is 2.31. The van der Waals surface area contributed by atoms with Gasteiger partial charge in [-0.1, -0.05) is 37.3 Å². The lowest BCUT2D eigenvalue weighted by molar-refractivity contribution is 0.555. The quantitative estimate of drug-likeness (QED) is 0.767. The number of hydrogen-bond donors (Lipinski definition) is 2. The number of H-pyrrole nitrogens is 1. The van der Waals surface area contributed by atoms with E-state index < -0.39 is 5.76 Å². The largest absolute Gasteiger partial charge is 0.417 e. The van der Waals surface area contributed by atoms with Gasteiger partial charge in [-0.2, -0.15) is 0 Å². The van der Waals surface area contributed by atoms with Gasteiger partial charge < -0.3 is 10.2 Å². The molecule has 3 rings (SSSR count). The van der Waals surface area contributed by atoms with Crippen molar-refractivity contribution in [2.24, 2.45) is 5.73 Å². The predicted molar refractivity (Wildman–Crippen MR) is 78.7 cm³/mol. The van der Waals surface area contributed by atoms with Crippen LogP contribution in [0.25, 0.3) is 11.1 Å². The average molecular weight is 268 g/mol. The SMILES string of the molecule is CCc1ccc(C(N)c2ccc3[nH]c(=O)oc3c2)cc1. The summed E-state index contributed by atoms with van der Waals surface area (Å²) in [5, 5.41) is 0. The Bertz CT molecular complexity index is 784. The molecule has 1 atom stereocenters. The molecule has 0 aliphatic heterocycles. The molecule has 0 amide bonds. The second kappa shape index (κ2) is 4.98. The first-order valence-electron chi connectivity index (χ1n) is 6.64. The minimum absolute atomic E-state index is 0.231. The van der Waals surface area contributed by atoms with Crippen LogP contribution in [-0.4, -0.2) is 4.98 Å². The summed E-state index contributed by atoms with van der Waals surface area (Å²) in [4.78, 5) is 13.8. The van der Waals surface area contributed by atoms with Gasteiger partial charge in [-0.05, 0) is 35.2 Å². The summed E-state index contributed by atoms with van der Waals surface area (Å²) in [7, 11) is 0. The van der Waals surface area contributed by atoms with Gasteiger partial charge in [0.1, 0.15) is 0 Å². The van der Waals surface area contributed by atoms with Gasteiger partial charge in [0.05, 0.1) is 11.6 Å². The molecule has 0 fully saturated rings. The highest BCUT2D eigenvalue weighted by molar-refractivity contribution is 5.73. The van der Waals surface area contributed by atoms with Gasteiger partial charge in [0.2, 0.25) is 0 Å². The predicted octanol–water partition coefficient (Wildman–Crippen LogP) is 2.73. The van der Waals surface area contributed by atoms with Gasteiger partial charge >= 0.3 is 5.76 Å². The maximum absolute atomic E-state index is 11.2. The van der Waals surface area contributed by atoms with Crippen molar-refractivity contribution in [1.29, 1.82) is 0 Å². The molecule has 4 nitrogen and oxygen atoms in total. The van der Waals surface area contributed by atoms with E-state index in [1.807, 2.05) is 30.3 Å². The van der Waals surface area contributed by atoms with Crippen molar-refractivity contribution in [3.8, 4) is 0 Å². The van der Waals surface area contributed by atoms with Gasteiger partial charge in [-0.3, -0.25) is 4.98 Å². The minimum atomic E-state index is -0.446. The Kier molecular flexibility index (Phi) is 3.16. The van der Waals surface area contributed by atoms with E-state index in [2.05, 4.69) is 24.0 Å². The highest BCUT2D eigenvalue weighted by Crippen LogP contribution is 2.23. The van der Waals surface area contributed by atoms with Crippen LogP contribution < -0.4 is 11.5 Å². The third kappa shape index (κ3) is 2.26. The Morgan fingerprint density at radius 1 is 1.15 bits per heavy atom. The van der Waals surface area contributed by atoms with Crippen LogP contribution in [0, 0.1) is 0 Å². The summed E-state index contributed by atoms with van der Waals surface area (Å²) in [6, 6.07) is 13.6. The third-order valence-electron chi connectivity index (χ3n) is 3.55. The minimum Gasteiger partial charge on any atom is -0.408 e. The molecule has 0 spiro atoms. The van der Waals surface area contributed by atoms with E-state index in [-0.39, 0.29) is 6.04 Å². The van der Waals surface area contributed by atoms with Crippen LogP contribution in [0.1, 0.15) is 29.7 Å². The second-order valence-electron chi connectivity index (χ2n) is 4.84. The van der Waals surface area contributed by atoms with E-state index in [0.29, 0.717) is 11.1 Å². The highest BCUT2D eigenvalue weighted by atomic mass is 16.4. The molecule has 0 saturated carbocycles. The summed E-state index contributed by atoms with van der Waals surface area (Å²) in [5.41, 5.74) is 10.7. The van der Waals surface area contributed by atoms with Gasteiger partial charge in [0.25, 0.3) is 0 Å². The molecule has 1 heterocycles. The summed E-state index contributed by atoms with van der Waals surface area (Å²) in [6.07, 6.45) is 1.01. The van der Waals surface area contributed by atoms with E-state index in [4.69, 9.17) is 10.2 Å². The van der Waals surface area contributed by atoms with Crippen molar-refractivity contribution < 1.29 is 4.42 Å². The first-order chi connectivity index (χ1) is 9.67. The number of nitrogens with one attached hydrogen (secondary N) is 1. The number of nitrogens with two attached hydrogens (primary N) is 1. The number of oxazole rings is 1. The Morgan fingerprint density at radius 3 is 2.55 bits per heavy atom. The van der Waals surface area contributed by atoms with Crippen molar-refractivity contribution in [2.45, 2.75) is 19.4 Å². The van der Waals surface area contributed by atoms with Crippen molar-refractivity contribution in [3.05, 3.63) is 69.7 Å². The van der Waals surface area contributed by atoms with E-state index in [1.54, 1.807) is 0 Å². The molecule has 0 aliphatic rings. The van der Waals surface area contributed by atoms with Crippen LogP contribution in [0.3, 0.4) is 0 Å². The number of aromatic nitrogens is 1. The van der Waals surface area contributed by atoms with Gasteiger partial charge in [0, 0.05) is 0 Å². The van der Waals surface area contributed by atoms with E-state index in [0.717, 1.165) is 17.5 Å². The zero-order chi connectivity index (χ0) is 14.1. The van der Waals surface area contributed by atoms with Crippen molar-refractivity contribution >= 4 is 11.1 Å². The van der Waals surface area contributed by atoms with E-state index in [1.165, 1.54) is 5.56 Å². The molecular weight excluding hydrogens is 252 g/mol. The first kappa shape index (κ1) is 12.7. The molecule has 1 unspecified atom stereocenters. The Labute approximate surface area is 116 Å². The highest BCUT2D eigenvalue weighted by Gasteiger charge is 2.11. The zero-order valence-corrected chi connectivity index (χ0v) is 11.2. The van der Waals surface area contributed by atoms with Crippen LogP contribution in [0.4, 0.5) is 0 Å². The monoisotopic (exact) mass is 268 g/mol. The normalized spacial score (nSPS) is 12.7. The van der Waals surface area contributed by atoms with Gasteiger partial charge in [-0.15, -0.1) is 0 Å². The fraction of sp³-hybridized carbons (Fsp3) is 0.188. The zero-order valence-electron chi connectivity index (χ0n) is 11.2. The van der Waals surface area contributed by atoms with Crippen LogP contribution in [0.2, 0.25) is 0 Å². The van der Waals surface area contributed by atoms with Crippen molar-refractivity contribution in [3.63, 3.8) is 0 Å². The average Bonchev–Trinajstić information content (AvgIpc) is 2.85. The Morgan fingerprint density at radius 2 is 1.85 bits per heavy atom. The van der Waals surface area contributed by atoms with E-state index >= 15 is 0 Å². The lowest BCUT2D eigenvalue weighted by Crippen LogP contribution is -2.11. The number of aryl methyl sites for hydroxylation is 1. The standard InChI is InChI=1S/C16H16N2O2/c1-2-10-3-5-11(6-4-10)15(17)12-7-8-13-14(9-12)20-16(19)18-13/h3-9,15H,2,17H2,1H3,(H,18,19). The smallest absolute Gasteiger partial charge is 0.408 e. The Balaban J connectivity index is 1.97. The van der Waals surface area contributed by atoms with Gasteiger partial charge in [-0.25, -0.2) is 4.79 Å². The summed E-state index contributed by atoms with van der Waals surface area (Å²) in [6.45, 7) is 2.12. The van der Waals surface area contributed by atoms with Crippen molar-refractivity contribution in [2.75, 3.05) is 0 Å². The topological polar surface area (TPSA) is 72.0 Å². The molecule has 0 bridgehead atoms. The second-order valence-corrected chi connectivity index (χ2v) is 4.84. The molecule has 0 radical (unpaired) electrons. The molecule has 3 aromatic rings. The number of hydrogen-bond acceptors (Lipinski definition) is 3. The molecule has 1 aromatic heterocycles. The number of rotatable bonds is 3. The maximum atomic E-state index is 11.2. The maximum Gasteiger partial charge on any atom is 0.417 e. The lowest BCUT2D eigenvalue weighted by atomic mass is 9.98.